The summed E-state index contributed by atoms with van der Waals surface area (Å²) in [7, 11) is 3.87. The van der Waals surface area contributed by atoms with Crippen LogP contribution in [0.25, 0.3) is 0 Å². The van der Waals surface area contributed by atoms with Gasteiger partial charge in [-0.15, -0.1) is 12.6 Å². The van der Waals surface area contributed by atoms with Gasteiger partial charge in [-0.25, -0.2) is 0 Å². The van der Waals surface area contributed by atoms with E-state index in [0.717, 1.165) is 16.4 Å². The van der Waals surface area contributed by atoms with Gasteiger partial charge in [-0.1, -0.05) is 11.6 Å². The molecule has 0 spiro atoms. The first-order valence-corrected chi connectivity index (χ1v) is 5.47. The summed E-state index contributed by atoms with van der Waals surface area (Å²) < 4.78 is 0. The van der Waals surface area contributed by atoms with E-state index in [0.29, 0.717) is 0 Å². The van der Waals surface area contributed by atoms with Crippen molar-refractivity contribution in [1.29, 1.82) is 0 Å². The molecular weight excluding hydrogens is 230 g/mol. The molecule has 0 N–H and O–H groups in total. The Balaban J connectivity index is 2.32. The summed E-state index contributed by atoms with van der Waals surface area (Å²) >= 11 is 10.3. The lowest BCUT2D eigenvalue weighted by atomic mass is 10.2. The minimum atomic E-state index is -0.00400. The molecule has 0 aromatic heterocycles. The van der Waals surface area contributed by atoms with Gasteiger partial charge >= 0.3 is 0 Å². The van der Waals surface area contributed by atoms with Crippen LogP contribution in [0.3, 0.4) is 0 Å². The number of thiol groups is 1. The van der Waals surface area contributed by atoms with Crippen molar-refractivity contribution in [2.24, 2.45) is 5.10 Å². The maximum absolute atomic E-state index is 5.83. The molecule has 15 heavy (non-hydrogen) atoms. The summed E-state index contributed by atoms with van der Waals surface area (Å²) in [5.41, 5.74) is 1.04. The predicted octanol–water partition coefficient (Wildman–Crippen LogP) is 2.09. The molecule has 2 rings (SSSR count). The number of rotatable bonds is 1. The van der Waals surface area contributed by atoms with Gasteiger partial charge in [-0.3, -0.25) is 5.01 Å². The third kappa shape index (κ3) is 1.92. The Morgan fingerprint density at radius 1 is 1.27 bits per heavy atom. The Kier molecular flexibility index (Phi) is 2.80. The van der Waals surface area contributed by atoms with Crippen LogP contribution in [0.2, 0.25) is 5.02 Å². The first-order chi connectivity index (χ1) is 7.09. The van der Waals surface area contributed by atoms with Gasteiger partial charge in [0.15, 0.2) is 11.3 Å². The van der Waals surface area contributed by atoms with Crippen LogP contribution in [0, 0.1) is 0 Å². The van der Waals surface area contributed by atoms with Gasteiger partial charge in [0.2, 0.25) is 0 Å². The second kappa shape index (κ2) is 3.94. The van der Waals surface area contributed by atoms with E-state index >= 15 is 0 Å². The second-order valence-corrected chi connectivity index (χ2v) is 4.36. The molecular formula is C10H12ClN3S. The Morgan fingerprint density at radius 3 is 2.33 bits per heavy atom. The van der Waals surface area contributed by atoms with Gasteiger partial charge in [0.25, 0.3) is 0 Å². The van der Waals surface area contributed by atoms with Crippen molar-refractivity contribution in [1.82, 2.24) is 9.91 Å². The zero-order valence-corrected chi connectivity index (χ0v) is 10.2. The van der Waals surface area contributed by atoms with Crippen LogP contribution in [0.1, 0.15) is 5.56 Å². The fourth-order valence-electron chi connectivity index (χ4n) is 1.49. The molecule has 80 valence electrons. The van der Waals surface area contributed by atoms with E-state index in [4.69, 9.17) is 11.6 Å². The predicted molar refractivity (Wildman–Crippen MR) is 66.3 cm³/mol. The van der Waals surface area contributed by atoms with E-state index in [1.54, 1.807) is 0 Å². The molecule has 0 radical (unpaired) electrons. The smallest absolute Gasteiger partial charge is 0.164 e. The fourth-order valence-corrected chi connectivity index (χ4v) is 1.78. The molecule has 1 aliphatic rings. The summed E-state index contributed by atoms with van der Waals surface area (Å²) in [5.74, 6) is 0.911. The van der Waals surface area contributed by atoms with Crippen LogP contribution >= 0.6 is 24.2 Å². The SMILES string of the molecule is CN1N=C(c2ccc(Cl)cc2)N(C)[C@@H]1S. The van der Waals surface area contributed by atoms with Gasteiger partial charge in [-0.05, 0) is 24.3 Å². The molecule has 0 fully saturated rings. The Bertz CT molecular complexity index is 390. The zero-order valence-electron chi connectivity index (χ0n) is 8.55. The van der Waals surface area contributed by atoms with Gasteiger partial charge in [0.1, 0.15) is 0 Å². The monoisotopic (exact) mass is 241 g/mol. The number of nitrogens with zero attached hydrogens (tertiary/aromatic N) is 3. The van der Waals surface area contributed by atoms with Crippen molar-refractivity contribution < 1.29 is 0 Å². The van der Waals surface area contributed by atoms with Crippen molar-refractivity contribution in [3.63, 3.8) is 0 Å². The molecule has 5 heteroatoms. The maximum atomic E-state index is 5.83. The maximum Gasteiger partial charge on any atom is 0.164 e. The third-order valence-corrected chi connectivity index (χ3v) is 3.30. The van der Waals surface area contributed by atoms with Gasteiger partial charge in [0, 0.05) is 24.7 Å². The van der Waals surface area contributed by atoms with Gasteiger partial charge in [0.05, 0.1) is 0 Å². The van der Waals surface area contributed by atoms with Gasteiger partial charge < -0.3 is 4.90 Å². The highest BCUT2D eigenvalue weighted by Crippen LogP contribution is 2.20. The van der Waals surface area contributed by atoms with E-state index in [1.807, 2.05) is 48.3 Å². The van der Waals surface area contributed by atoms with Crippen LogP contribution in [-0.4, -0.2) is 35.3 Å². The Morgan fingerprint density at radius 2 is 1.87 bits per heavy atom. The molecule has 1 aromatic carbocycles. The lowest BCUT2D eigenvalue weighted by molar-refractivity contribution is 0.270. The summed E-state index contributed by atoms with van der Waals surface area (Å²) in [4.78, 5) is 2.01. The highest BCUT2D eigenvalue weighted by molar-refractivity contribution is 7.80. The van der Waals surface area contributed by atoms with E-state index in [9.17, 15) is 0 Å². The Labute approximate surface area is 99.7 Å². The first kappa shape index (κ1) is 10.6. The van der Waals surface area contributed by atoms with Crippen LogP contribution in [0.5, 0.6) is 0 Å². The molecule has 0 aliphatic carbocycles. The minimum Gasteiger partial charge on any atom is -0.328 e. The van der Waals surface area contributed by atoms with E-state index in [2.05, 4.69) is 17.7 Å². The molecule has 0 unspecified atom stereocenters. The highest BCUT2D eigenvalue weighted by Gasteiger charge is 2.26. The highest BCUT2D eigenvalue weighted by atomic mass is 35.5. The molecule has 1 aliphatic heterocycles. The van der Waals surface area contributed by atoms with Crippen LogP contribution in [0.4, 0.5) is 0 Å². The number of hydrazone groups is 1. The summed E-state index contributed by atoms with van der Waals surface area (Å²) in [5, 5.41) is 6.95. The molecule has 0 saturated carbocycles. The normalized spacial score (nSPS) is 20.8. The lowest BCUT2D eigenvalue weighted by Gasteiger charge is -2.21. The van der Waals surface area contributed by atoms with Crippen molar-refractivity contribution in [3.05, 3.63) is 34.9 Å². The molecule has 0 bridgehead atoms. The number of amidine groups is 1. The van der Waals surface area contributed by atoms with Crippen LogP contribution in [-0.2, 0) is 0 Å². The largest absolute Gasteiger partial charge is 0.328 e. The fraction of sp³-hybridized carbons (Fsp3) is 0.300. The number of hydrogen-bond donors (Lipinski definition) is 1. The van der Waals surface area contributed by atoms with Gasteiger partial charge in [-0.2, -0.15) is 5.10 Å². The zero-order chi connectivity index (χ0) is 11.0. The van der Waals surface area contributed by atoms with E-state index in [-0.39, 0.29) is 5.50 Å². The van der Waals surface area contributed by atoms with E-state index in [1.165, 1.54) is 0 Å². The molecule has 1 atom stereocenters. The summed E-state index contributed by atoms with van der Waals surface area (Å²) in [6, 6.07) is 7.63. The molecule has 0 amide bonds. The summed E-state index contributed by atoms with van der Waals surface area (Å²) in [6.45, 7) is 0. The molecule has 3 nitrogen and oxygen atoms in total. The number of halogens is 1. The van der Waals surface area contributed by atoms with Crippen LogP contribution in [0.15, 0.2) is 29.4 Å². The minimum absolute atomic E-state index is 0.00400. The average Bonchev–Trinajstić information content (AvgIpc) is 2.47. The second-order valence-electron chi connectivity index (χ2n) is 3.46. The topological polar surface area (TPSA) is 18.8 Å². The van der Waals surface area contributed by atoms with E-state index < -0.39 is 0 Å². The first-order valence-electron chi connectivity index (χ1n) is 4.58. The quantitative estimate of drug-likeness (QED) is 0.760. The number of hydrogen-bond acceptors (Lipinski definition) is 4. The third-order valence-electron chi connectivity index (χ3n) is 2.37. The summed E-state index contributed by atoms with van der Waals surface area (Å²) in [6.07, 6.45) is 0. The van der Waals surface area contributed by atoms with Crippen molar-refractivity contribution in [2.75, 3.05) is 14.1 Å². The molecule has 1 aromatic rings. The van der Waals surface area contributed by atoms with Crippen LogP contribution < -0.4 is 0 Å². The lowest BCUT2D eigenvalue weighted by Crippen LogP contribution is -2.33. The van der Waals surface area contributed by atoms with Crippen molar-refractivity contribution >= 4 is 30.1 Å². The molecule has 1 heterocycles. The van der Waals surface area contributed by atoms with Crippen molar-refractivity contribution in [2.45, 2.75) is 5.50 Å². The molecule has 0 saturated heterocycles. The standard InChI is InChI=1S/C10H12ClN3S/c1-13-9(12-14(2)10(13)15)7-3-5-8(11)6-4-7/h3-6,10,15H,1-2H3/t10-/m0/s1. The number of benzene rings is 1. The average molecular weight is 242 g/mol. The Hall–Kier alpha value is -0.870. The van der Waals surface area contributed by atoms with Crippen molar-refractivity contribution in [3.8, 4) is 0 Å².